The fourth-order valence-electron chi connectivity index (χ4n) is 3.87. The van der Waals surface area contributed by atoms with E-state index >= 15 is 0 Å². The zero-order chi connectivity index (χ0) is 21.8. The topological polar surface area (TPSA) is 110 Å². The molecule has 4 heterocycles. The molecular formula is C19H19F3N8O. The number of nitrogens with two attached hydrogens (primary N) is 1. The maximum Gasteiger partial charge on any atom is 0.449 e. The number of rotatable bonds is 4. The second-order valence-electron chi connectivity index (χ2n) is 7.37. The van der Waals surface area contributed by atoms with Crippen molar-refractivity contribution >= 4 is 22.5 Å². The second kappa shape index (κ2) is 7.08. The van der Waals surface area contributed by atoms with Crippen molar-refractivity contribution in [2.24, 2.45) is 0 Å². The first-order valence-corrected chi connectivity index (χ1v) is 9.68. The molecule has 0 saturated heterocycles. The maximum atomic E-state index is 12.9. The van der Waals surface area contributed by atoms with Crippen LogP contribution in [0.4, 0.5) is 19.1 Å². The summed E-state index contributed by atoms with van der Waals surface area (Å²) >= 11 is 0. The lowest BCUT2D eigenvalue weighted by atomic mass is 10.1. The van der Waals surface area contributed by atoms with Gasteiger partial charge in [0.15, 0.2) is 11.5 Å². The van der Waals surface area contributed by atoms with Crippen LogP contribution in [-0.2, 0) is 25.6 Å². The number of anilines is 1. The Balaban J connectivity index is 1.36. The third kappa shape index (κ3) is 3.42. The molecule has 5 rings (SSSR count). The predicted octanol–water partition coefficient (Wildman–Crippen LogP) is 2.21. The lowest BCUT2D eigenvalue weighted by Gasteiger charge is -2.25. The molecule has 1 aromatic carbocycles. The molecule has 4 aromatic rings. The van der Waals surface area contributed by atoms with Gasteiger partial charge in [0, 0.05) is 37.9 Å². The van der Waals surface area contributed by atoms with E-state index in [1.54, 1.807) is 13.2 Å². The van der Waals surface area contributed by atoms with Gasteiger partial charge in [0.05, 0.1) is 18.5 Å². The average molecular weight is 432 g/mol. The molecule has 0 saturated carbocycles. The summed E-state index contributed by atoms with van der Waals surface area (Å²) in [5.74, 6) is 0.436. The Morgan fingerprint density at radius 1 is 1.23 bits per heavy atom. The number of nitrogen functional groups attached to an aromatic ring is 1. The van der Waals surface area contributed by atoms with Crippen molar-refractivity contribution < 1.29 is 17.9 Å². The molecule has 0 atom stereocenters. The number of imidazole rings is 1. The van der Waals surface area contributed by atoms with Crippen molar-refractivity contribution in [1.82, 2.24) is 34.4 Å². The van der Waals surface area contributed by atoms with Gasteiger partial charge in [-0.15, -0.1) is 5.10 Å². The number of nitrogens with one attached hydrogen (secondary N) is 1. The van der Waals surface area contributed by atoms with Crippen LogP contribution in [0.5, 0.6) is 5.75 Å². The molecule has 1 aliphatic rings. The summed E-state index contributed by atoms with van der Waals surface area (Å²) in [6, 6.07) is 5.52. The molecule has 1 aliphatic heterocycles. The number of alkyl halides is 3. The standard InChI is InChI=1S/C19H19F3N8O/c1-31-13-4-2-3-10-15(13)27-18(23)30-16(10)26-14(28-30)6-8-29-7-5-11-12(9-29)25-17(24-11)19(20,21)22/h2-4H,5-9H2,1H3,(H2,23,27)(H,24,25). The van der Waals surface area contributed by atoms with E-state index in [0.29, 0.717) is 66.6 Å². The first-order valence-electron chi connectivity index (χ1n) is 9.68. The van der Waals surface area contributed by atoms with Crippen molar-refractivity contribution in [3.05, 3.63) is 41.2 Å². The van der Waals surface area contributed by atoms with Crippen molar-refractivity contribution in [3.63, 3.8) is 0 Å². The first kappa shape index (κ1) is 19.5. The van der Waals surface area contributed by atoms with Gasteiger partial charge in [-0.3, -0.25) is 4.90 Å². The van der Waals surface area contributed by atoms with Crippen molar-refractivity contribution in [2.45, 2.75) is 25.6 Å². The number of fused-ring (bicyclic) bond motifs is 4. The average Bonchev–Trinajstić information content (AvgIpc) is 3.36. The number of methoxy groups -OCH3 is 1. The van der Waals surface area contributed by atoms with Gasteiger partial charge in [0.25, 0.3) is 0 Å². The minimum Gasteiger partial charge on any atom is -0.494 e. The van der Waals surface area contributed by atoms with Gasteiger partial charge >= 0.3 is 6.18 Å². The highest BCUT2D eigenvalue weighted by Crippen LogP contribution is 2.30. The molecule has 0 aliphatic carbocycles. The number of ether oxygens (including phenoxy) is 1. The fourth-order valence-corrected chi connectivity index (χ4v) is 3.87. The molecule has 31 heavy (non-hydrogen) atoms. The van der Waals surface area contributed by atoms with Crippen LogP contribution in [0, 0.1) is 0 Å². The Morgan fingerprint density at radius 2 is 2.06 bits per heavy atom. The highest BCUT2D eigenvalue weighted by atomic mass is 19.4. The van der Waals surface area contributed by atoms with Crippen LogP contribution in [-0.4, -0.2) is 54.6 Å². The van der Waals surface area contributed by atoms with E-state index in [1.807, 2.05) is 12.1 Å². The number of aromatic amines is 1. The molecule has 0 amide bonds. The summed E-state index contributed by atoms with van der Waals surface area (Å²) in [5, 5.41) is 5.24. The zero-order valence-electron chi connectivity index (χ0n) is 16.6. The summed E-state index contributed by atoms with van der Waals surface area (Å²) in [4.78, 5) is 17.2. The van der Waals surface area contributed by atoms with E-state index in [-0.39, 0.29) is 5.95 Å². The summed E-state index contributed by atoms with van der Waals surface area (Å²) < 4.78 is 45.5. The highest BCUT2D eigenvalue weighted by molar-refractivity contribution is 5.95. The Hall–Kier alpha value is -3.41. The predicted molar refractivity (Wildman–Crippen MR) is 106 cm³/mol. The highest BCUT2D eigenvalue weighted by Gasteiger charge is 2.36. The molecule has 0 spiro atoms. The zero-order valence-corrected chi connectivity index (χ0v) is 16.6. The fraction of sp³-hybridized carbons (Fsp3) is 0.368. The summed E-state index contributed by atoms with van der Waals surface area (Å²) in [7, 11) is 1.56. The second-order valence-corrected chi connectivity index (χ2v) is 7.37. The van der Waals surface area contributed by atoms with E-state index in [1.165, 1.54) is 4.52 Å². The molecule has 9 nitrogen and oxygen atoms in total. The monoisotopic (exact) mass is 432 g/mol. The van der Waals surface area contributed by atoms with Gasteiger partial charge in [-0.2, -0.15) is 17.7 Å². The van der Waals surface area contributed by atoms with Gasteiger partial charge in [-0.25, -0.2) is 15.0 Å². The summed E-state index contributed by atoms with van der Waals surface area (Å²) in [6.07, 6.45) is -3.49. The van der Waals surface area contributed by atoms with Crippen LogP contribution < -0.4 is 10.5 Å². The van der Waals surface area contributed by atoms with Gasteiger partial charge in [-0.1, -0.05) is 6.07 Å². The largest absolute Gasteiger partial charge is 0.494 e. The lowest BCUT2D eigenvalue weighted by molar-refractivity contribution is -0.144. The lowest BCUT2D eigenvalue weighted by Crippen LogP contribution is -2.32. The molecule has 0 bridgehead atoms. The van der Waals surface area contributed by atoms with Crippen LogP contribution >= 0.6 is 0 Å². The number of hydrogen-bond donors (Lipinski definition) is 2. The Kier molecular flexibility index (Phi) is 4.46. The van der Waals surface area contributed by atoms with E-state index in [9.17, 15) is 13.2 Å². The Labute approximate surface area is 174 Å². The molecule has 162 valence electrons. The normalized spacial score (nSPS) is 15.0. The summed E-state index contributed by atoms with van der Waals surface area (Å²) in [6.45, 7) is 1.58. The van der Waals surface area contributed by atoms with Gasteiger partial charge < -0.3 is 15.5 Å². The number of H-pyrrole nitrogens is 1. The van der Waals surface area contributed by atoms with E-state index in [0.717, 1.165) is 5.39 Å². The third-order valence-electron chi connectivity index (χ3n) is 5.39. The Bertz CT molecular complexity index is 1280. The number of halogens is 3. The van der Waals surface area contributed by atoms with Crippen LogP contribution in [0.25, 0.3) is 16.6 Å². The maximum absolute atomic E-state index is 12.9. The number of benzene rings is 1. The number of nitrogens with zero attached hydrogens (tertiary/aromatic N) is 6. The van der Waals surface area contributed by atoms with Gasteiger partial charge in [-0.05, 0) is 12.1 Å². The molecule has 3 N–H and O–H groups in total. The number of hydrogen-bond acceptors (Lipinski definition) is 7. The molecule has 0 radical (unpaired) electrons. The molecule has 0 fully saturated rings. The van der Waals surface area contributed by atoms with E-state index in [4.69, 9.17) is 10.5 Å². The van der Waals surface area contributed by atoms with Gasteiger partial charge in [0.1, 0.15) is 11.3 Å². The minimum atomic E-state index is -4.47. The van der Waals surface area contributed by atoms with E-state index < -0.39 is 12.0 Å². The molecular weight excluding hydrogens is 413 g/mol. The summed E-state index contributed by atoms with van der Waals surface area (Å²) in [5.41, 5.74) is 8.25. The van der Waals surface area contributed by atoms with Crippen LogP contribution in [0.3, 0.4) is 0 Å². The first-order chi connectivity index (χ1) is 14.8. The Morgan fingerprint density at radius 3 is 2.84 bits per heavy atom. The SMILES string of the molecule is COc1cccc2c1nc(N)n1nc(CCN3CCc4nc(C(F)(F)F)[nH]c4C3)nc21. The van der Waals surface area contributed by atoms with Crippen LogP contribution in [0.2, 0.25) is 0 Å². The molecule has 0 unspecified atom stereocenters. The van der Waals surface area contributed by atoms with E-state index in [2.05, 4.69) is 29.9 Å². The van der Waals surface area contributed by atoms with Crippen molar-refractivity contribution in [2.75, 3.05) is 25.9 Å². The quantitative estimate of drug-likeness (QED) is 0.509. The minimum absolute atomic E-state index is 0.200. The van der Waals surface area contributed by atoms with Crippen molar-refractivity contribution in [1.29, 1.82) is 0 Å². The smallest absolute Gasteiger partial charge is 0.449 e. The van der Waals surface area contributed by atoms with Crippen molar-refractivity contribution in [3.8, 4) is 5.75 Å². The number of aromatic nitrogens is 6. The molecule has 12 heteroatoms. The van der Waals surface area contributed by atoms with Crippen LogP contribution in [0.1, 0.15) is 23.0 Å². The molecule has 3 aromatic heterocycles. The van der Waals surface area contributed by atoms with Crippen LogP contribution in [0.15, 0.2) is 18.2 Å². The third-order valence-corrected chi connectivity index (χ3v) is 5.39. The number of para-hydroxylation sites is 1. The van der Waals surface area contributed by atoms with Gasteiger partial charge in [0.2, 0.25) is 11.8 Å².